The molecule has 0 radical (unpaired) electrons. The fourth-order valence-corrected chi connectivity index (χ4v) is 1.22. The monoisotopic (exact) mass is 224 g/mol. The number of hydrogen-bond donors (Lipinski definition) is 1. The number of carboxylic acid groups (broad SMARTS) is 1. The summed E-state index contributed by atoms with van der Waals surface area (Å²) in [5, 5.41) is 8.49. The van der Waals surface area contributed by atoms with Crippen LogP contribution in [0.5, 0.6) is 0 Å². The normalized spacial score (nSPS) is 9.80. The second-order valence-electron chi connectivity index (χ2n) is 1.54. The average molecular weight is 225 g/mol. The lowest BCUT2D eigenvalue weighted by Gasteiger charge is -1.83. The largest absolute Gasteiger partial charge is 0.478 e. The summed E-state index contributed by atoms with van der Waals surface area (Å²) in [4.78, 5) is 10.3. The van der Waals surface area contributed by atoms with Crippen LogP contribution in [0.2, 0.25) is 5.22 Å². The molecular formula is C5H2BrClO3. The van der Waals surface area contributed by atoms with Gasteiger partial charge in [-0.3, -0.25) is 0 Å². The smallest absolute Gasteiger partial charge is 0.340 e. The van der Waals surface area contributed by atoms with E-state index in [0.717, 1.165) is 0 Å². The van der Waals surface area contributed by atoms with E-state index in [0.29, 0.717) is 0 Å². The van der Waals surface area contributed by atoms with Gasteiger partial charge in [0.25, 0.3) is 0 Å². The van der Waals surface area contributed by atoms with Crippen LogP contribution in [0.1, 0.15) is 10.4 Å². The van der Waals surface area contributed by atoms with Crippen molar-refractivity contribution in [1.82, 2.24) is 0 Å². The zero-order valence-electron chi connectivity index (χ0n) is 4.60. The van der Waals surface area contributed by atoms with Crippen LogP contribution in [-0.2, 0) is 0 Å². The maximum Gasteiger partial charge on any atom is 0.340 e. The van der Waals surface area contributed by atoms with Crippen molar-refractivity contribution in [2.24, 2.45) is 0 Å². The molecule has 10 heavy (non-hydrogen) atoms. The second kappa shape index (κ2) is 2.64. The van der Waals surface area contributed by atoms with Crippen LogP contribution in [0.3, 0.4) is 0 Å². The van der Waals surface area contributed by atoms with Crippen molar-refractivity contribution in [2.45, 2.75) is 0 Å². The Morgan fingerprint density at radius 3 is 2.60 bits per heavy atom. The first-order valence-corrected chi connectivity index (χ1v) is 3.46. The van der Waals surface area contributed by atoms with Crippen LogP contribution in [0.4, 0.5) is 0 Å². The van der Waals surface area contributed by atoms with Crippen molar-refractivity contribution in [3.05, 3.63) is 21.5 Å². The molecule has 0 spiro atoms. The molecule has 0 saturated carbocycles. The molecule has 1 aromatic heterocycles. The Morgan fingerprint density at radius 2 is 2.40 bits per heavy atom. The zero-order valence-corrected chi connectivity index (χ0v) is 6.94. The van der Waals surface area contributed by atoms with Gasteiger partial charge >= 0.3 is 5.97 Å². The van der Waals surface area contributed by atoms with E-state index < -0.39 is 5.97 Å². The Balaban J connectivity index is 3.15. The molecule has 5 heteroatoms. The minimum absolute atomic E-state index is 0.0324. The maximum atomic E-state index is 10.3. The van der Waals surface area contributed by atoms with Crippen LogP contribution in [-0.4, -0.2) is 11.1 Å². The van der Waals surface area contributed by atoms with E-state index >= 15 is 0 Å². The van der Waals surface area contributed by atoms with Gasteiger partial charge < -0.3 is 9.52 Å². The summed E-state index contributed by atoms with van der Waals surface area (Å²) in [6.45, 7) is 0. The van der Waals surface area contributed by atoms with Gasteiger partial charge in [0.15, 0.2) is 9.89 Å². The molecule has 1 rings (SSSR count). The Hall–Kier alpha value is -0.480. The SMILES string of the molecule is O=C(O)c1cc(Cl)oc1Br. The molecule has 0 amide bonds. The van der Waals surface area contributed by atoms with Gasteiger partial charge in [-0.15, -0.1) is 0 Å². The highest BCUT2D eigenvalue weighted by Gasteiger charge is 2.13. The third kappa shape index (κ3) is 1.33. The van der Waals surface area contributed by atoms with Crippen LogP contribution in [0, 0.1) is 0 Å². The molecular weight excluding hydrogens is 223 g/mol. The van der Waals surface area contributed by atoms with Gasteiger partial charge in [-0.2, -0.15) is 0 Å². The fraction of sp³-hybridized carbons (Fsp3) is 0. The lowest BCUT2D eigenvalue weighted by molar-refractivity contribution is 0.0695. The first kappa shape index (κ1) is 7.63. The summed E-state index contributed by atoms with van der Waals surface area (Å²) < 4.78 is 4.82. The molecule has 0 aliphatic rings. The average Bonchev–Trinajstić information content (AvgIpc) is 2.10. The Bertz CT molecular complexity index is 268. The number of carboxylic acids is 1. The fourth-order valence-electron chi connectivity index (χ4n) is 0.486. The maximum absolute atomic E-state index is 10.3. The summed E-state index contributed by atoms with van der Waals surface area (Å²) in [6, 6.07) is 1.23. The molecule has 1 N–H and O–H groups in total. The van der Waals surface area contributed by atoms with Crippen LogP contribution in [0.15, 0.2) is 15.2 Å². The Morgan fingerprint density at radius 1 is 1.80 bits per heavy atom. The zero-order chi connectivity index (χ0) is 7.72. The molecule has 54 valence electrons. The number of rotatable bonds is 1. The summed E-state index contributed by atoms with van der Waals surface area (Å²) in [6.07, 6.45) is 0. The van der Waals surface area contributed by atoms with Gasteiger partial charge in [-0.1, -0.05) is 0 Å². The van der Waals surface area contributed by atoms with Gasteiger partial charge in [-0.05, 0) is 27.5 Å². The molecule has 0 unspecified atom stereocenters. The molecule has 1 aromatic rings. The number of furan rings is 1. The molecule has 0 aliphatic carbocycles. The minimum Gasteiger partial charge on any atom is -0.478 e. The van der Waals surface area contributed by atoms with Gasteiger partial charge in [-0.25, -0.2) is 4.79 Å². The van der Waals surface area contributed by atoms with E-state index in [4.69, 9.17) is 16.7 Å². The van der Waals surface area contributed by atoms with E-state index in [1.807, 2.05) is 0 Å². The molecule has 0 bridgehead atoms. The quantitative estimate of drug-likeness (QED) is 0.798. The predicted octanol–water partition coefficient (Wildman–Crippen LogP) is 2.39. The third-order valence-corrected chi connectivity index (χ3v) is 1.66. The van der Waals surface area contributed by atoms with Gasteiger partial charge in [0.1, 0.15) is 5.56 Å². The van der Waals surface area contributed by atoms with E-state index in [1.54, 1.807) is 0 Å². The van der Waals surface area contributed by atoms with E-state index in [2.05, 4.69) is 20.3 Å². The van der Waals surface area contributed by atoms with E-state index in [-0.39, 0.29) is 15.5 Å². The van der Waals surface area contributed by atoms with Crippen LogP contribution < -0.4 is 0 Å². The topological polar surface area (TPSA) is 50.4 Å². The second-order valence-corrected chi connectivity index (χ2v) is 2.64. The third-order valence-electron chi connectivity index (χ3n) is 0.887. The molecule has 0 aromatic carbocycles. The molecule has 0 aliphatic heterocycles. The number of hydrogen-bond acceptors (Lipinski definition) is 2. The molecule has 0 atom stereocenters. The van der Waals surface area contributed by atoms with Crippen molar-refractivity contribution >= 4 is 33.5 Å². The first-order chi connectivity index (χ1) is 4.61. The van der Waals surface area contributed by atoms with Crippen LogP contribution in [0.25, 0.3) is 0 Å². The minimum atomic E-state index is -1.07. The molecule has 3 nitrogen and oxygen atoms in total. The van der Waals surface area contributed by atoms with Gasteiger partial charge in [0, 0.05) is 6.07 Å². The van der Waals surface area contributed by atoms with Crippen molar-refractivity contribution in [3.8, 4) is 0 Å². The van der Waals surface area contributed by atoms with Crippen molar-refractivity contribution in [2.75, 3.05) is 0 Å². The number of halogens is 2. The lowest BCUT2D eigenvalue weighted by Crippen LogP contribution is -1.93. The summed E-state index contributed by atoms with van der Waals surface area (Å²) in [5.74, 6) is -1.07. The molecule has 0 fully saturated rings. The highest BCUT2D eigenvalue weighted by atomic mass is 79.9. The lowest BCUT2D eigenvalue weighted by atomic mass is 10.4. The van der Waals surface area contributed by atoms with Crippen molar-refractivity contribution in [3.63, 3.8) is 0 Å². The summed E-state index contributed by atoms with van der Waals surface area (Å²) >= 11 is 8.24. The van der Waals surface area contributed by atoms with E-state index in [1.165, 1.54) is 6.07 Å². The molecule has 0 saturated heterocycles. The molecule has 1 heterocycles. The first-order valence-electron chi connectivity index (χ1n) is 2.29. The highest BCUT2D eigenvalue weighted by molar-refractivity contribution is 9.10. The van der Waals surface area contributed by atoms with Gasteiger partial charge in [0.05, 0.1) is 0 Å². The number of aromatic carboxylic acids is 1. The van der Waals surface area contributed by atoms with Gasteiger partial charge in [0.2, 0.25) is 0 Å². The van der Waals surface area contributed by atoms with Crippen molar-refractivity contribution < 1.29 is 14.3 Å². The highest BCUT2D eigenvalue weighted by Crippen LogP contribution is 2.24. The Kier molecular flexibility index (Phi) is 2.01. The standard InChI is InChI=1S/C5H2BrClO3/c6-4-2(5(8)9)1-3(7)10-4/h1H,(H,8,9). The number of carbonyl (C=O) groups is 1. The van der Waals surface area contributed by atoms with Crippen molar-refractivity contribution in [1.29, 1.82) is 0 Å². The van der Waals surface area contributed by atoms with E-state index in [9.17, 15) is 4.79 Å². The van der Waals surface area contributed by atoms with Crippen LogP contribution >= 0.6 is 27.5 Å². The Labute approximate surface area is 69.7 Å². The predicted molar refractivity (Wildman–Crippen MR) is 38.4 cm³/mol. The summed E-state index contributed by atoms with van der Waals surface area (Å²) in [5.41, 5.74) is 0.0324. The summed E-state index contributed by atoms with van der Waals surface area (Å²) in [7, 11) is 0.